The monoisotopic (exact) mass is 747 g/mol. The summed E-state index contributed by atoms with van der Waals surface area (Å²) in [5.41, 5.74) is 4.33. The highest BCUT2D eigenvalue weighted by Crippen LogP contribution is 2.66. The lowest BCUT2D eigenvalue weighted by Crippen LogP contribution is -2.53. The van der Waals surface area contributed by atoms with Gasteiger partial charge in [0.25, 0.3) is 11.8 Å². The van der Waals surface area contributed by atoms with Gasteiger partial charge in [-0.1, -0.05) is 60.2 Å². The molecule has 0 aromatic heterocycles. The predicted molar refractivity (Wildman–Crippen MR) is 199 cm³/mol. The molecular formula is C42H35ClFN3O7. The highest BCUT2D eigenvalue weighted by molar-refractivity contribution is 6.30. The van der Waals surface area contributed by atoms with E-state index in [2.05, 4.69) is 12.0 Å². The minimum atomic E-state index is -1.67. The van der Waals surface area contributed by atoms with E-state index in [-0.39, 0.29) is 36.0 Å². The van der Waals surface area contributed by atoms with Crippen LogP contribution in [-0.2, 0) is 24.6 Å². The van der Waals surface area contributed by atoms with E-state index in [1.165, 1.54) is 55.5 Å². The van der Waals surface area contributed by atoms with E-state index in [4.69, 9.17) is 21.1 Å². The molecule has 1 saturated carbocycles. The summed E-state index contributed by atoms with van der Waals surface area (Å²) in [6, 6.07) is 21.8. The number of phenols is 1. The van der Waals surface area contributed by atoms with Crippen LogP contribution in [0.4, 0.5) is 15.8 Å². The van der Waals surface area contributed by atoms with Gasteiger partial charge in [0.15, 0.2) is 0 Å². The van der Waals surface area contributed by atoms with Gasteiger partial charge in [0.2, 0.25) is 11.8 Å². The first-order valence-electron chi connectivity index (χ1n) is 17.4. The van der Waals surface area contributed by atoms with Crippen molar-refractivity contribution in [3.8, 4) is 17.2 Å². The molecule has 0 spiro atoms. The van der Waals surface area contributed by atoms with Crippen molar-refractivity contribution in [3.63, 3.8) is 0 Å². The number of nitrogens with zero attached hydrogens (tertiary/aromatic N) is 2. The predicted octanol–water partition coefficient (Wildman–Crippen LogP) is 7.03. The number of nitrogens with one attached hydrogen (secondary N) is 1. The van der Waals surface area contributed by atoms with Crippen molar-refractivity contribution in [2.24, 2.45) is 23.7 Å². The molecule has 4 amide bonds. The smallest absolute Gasteiger partial charge is 0.260 e. The van der Waals surface area contributed by atoms with E-state index in [0.717, 1.165) is 10.6 Å². The van der Waals surface area contributed by atoms with Crippen LogP contribution in [0.25, 0.3) is 6.08 Å². The molecule has 2 aliphatic heterocycles. The number of allylic oxidation sites excluding steroid dienone is 2. The number of aromatic hydroxyl groups is 1. The van der Waals surface area contributed by atoms with E-state index < -0.39 is 58.5 Å². The number of hydrogen-bond donors (Lipinski definition) is 2. The summed E-state index contributed by atoms with van der Waals surface area (Å²) >= 11 is 6.39. The topological polar surface area (TPSA) is 125 Å². The lowest BCUT2D eigenvalue weighted by atomic mass is 9.49. The van der Waals surface area contributed by atoms with E-state index in [0.29, 0.717) is 33.1 Å². The number of ether oxygens (including phenoxy) is 2. The first-order valence-corrected chi connectivity index (χ1v) is 17.8. The van der Waals surface area contributed by atoms with Gasteiger partial charge >= 0.3 is 0 Å². The summed E-state index contributed by atoms with van der Waals surface area (Å²) in [7, 11) is 2.85. The second kappa shape index (κ2) is 13.2. The van der Waals surface area contributed by atoms with Crippen LogP contribution in [0.15, 0.2) is 103 Å². The number of benzene rings is 4. The van der Waals surface area contributed by atoms with Crippen molar-refractivity contribution in [2.45, 2.75) is 24.2 Å². The summed E-state index contributed by atoms with van der Waals surface area (Å²) in [5, 5.41) is 12.1. The van der Waals surface area contributed by atoms with Crippen LogP contribution in [0.1, 0.15) is 35.4 Å². The molecule has 274 valence electrons. The maximum absolute atomic E-state index is 15.4. The van der Waals surface area contributed by atoms with Gasteiger partial charge in [-0.25, -0.2) is 4.39 Å². The van der Waals surface area contributed by atoms with Crippen molar-refractivity contribution in [1.29, 1.82) is 0 Å². The molecule has 2 aliphatic carbocycles. The van der Waals surface area contributed by atoms with Crippen LogP contribution in [0, 0.1) is 29.5 Å². The van der Waals surface area contributed by atoms with Crippen molar-refractivity contribution in [1.82, 2.24) is 5.01 Å². The van der Waals surface area contributed by atoms with Crippen LogP contribution in [0.5, 0.6) is 17.2 Å². The standard InChI is InChI=1S/C42H35ClFN3O7/c1-4-22-5-15-27(16-6-22)46-38(49)30-18-17-29-31(35(30)40(46)51)21-32-39(50)47(45-26-13-11-25(44)12-14-26)41(52)42(32,23-7-9-24(43)10-8-23)37(29)36-33(53-2)19-28(48)20-34(36)54-3/h4-17,19-20,30-32,35,37,45,48H,1,18,21H2,2-3H3. The molecule has 6 atom stereocenters. The van der Waals surface area contributed by atoms with Gasteiger partial charge in [0, 0.05) is 28.6 Å². The average Bonchev–Trinajstić information content (AvgIpc) is 3.56. The number of amides is 4. The maximum atomic E-state index is 15.4. The third-order valence-electron chi connectivity index (χ3n) is 11.5. The highest BCUT2D eigenvalue weighted by atomic mass is 35.5. The van der Waals surface area contributed by atoms with Crippen molar-refractivity contribution < 1.29 is 38.1 Å². The Morgan fingerprint density at radius 3 is 2.15 bits per heavy atom. The van der Waals surface area contributed by atoms with Crippen LogP contribution in [-0.4, -0.2) is 48.0 Å². The zero-order chi connectivity index (χ0) is 38.1. The lowest BCUT2D eigenvalue weighted by Gasteiger charge is -2.51. The molecule has 2 N–H and O–H groups in total. The van der Waals surface area contributed by atoms with E-state index in [1.807, 2.05) is 6.08 Å². The third-order valence-corrected chi connectivity index (χ3v) is 11.7. The fourth-order valence-corrected chi connectivity index (χ4v) is 9.32. The fourth-order valence-electron chi connectivity index (χ4n) is 9.19. The van der Waals surface area contributed by atoms with E-state index in [1.54, 1.807) is 54.6 Å². The molecule has 12 heteroatoms. The second-order valence-electron chi connectivity index (χ2n) is 13.9. The Morgan fingerprint density at radius 1 is 0.889 bits per heavy atom. The summed E-state index contributed by atoms with van der Waals surface area (Å²) in [5.74, 6) is -6.50. The minimum Gasteiger partial charge on any atom is -0.508 e. The first kappa shape index (κ1) is 35.1. The summed E-state index contributed by atoms with van der Waals surface area (Å²) in [6.45, 7) is 3.79. The molecule has 4 aromatic carbocycles. The van der Waals surface area contributed by atoms with Crippen molar-refractivity contribution in [2.75, 3.05) is 24.5 Å². The number of anilines is 2. The lowest BCUT2D eigenvalue weighted by molar-refractivity contribution is -0.138. The number of methoxy groups -OCH3 is 2. The van der Waals surface area contributed by atoms with E-state index in [9.17, 15) is 23.9 Å². The Hall–Kier alpha value is -5.94. The number of halogens is 2. The number of hydrazine groups is 1. The van der Waals surface area contributed by atoms with Crippen LogP contribution in [0.3, 0.4) is 0 Å². The summed E-state index contributed by atoms with van der Waals surface area (Å²) < 4.78 is 25.7. The Balaban J connectivity index is 1.36. The number of carbonyl (C=O) groups is 4. The number of carbonyl (C=O) groups excluding carboxylic acids is 4. The van der Waals surface area contributed by atoms with Crippen LogP contribution < -0.4 is 19.8 Å². The van der Waals surface area contributed by atoms with Crippen LogP contribution >= 0.6 is 11.6 Å². The van der Waals surface area contributed by atoms with E-state index >= 15 is 4.79 Å². The molecular weight excluding hydrogens is 713 g/mol. The molecule has 0 radical (unpaired) electrons. The molecule has 3 fully saturated rings. The number of fused-ring (bicyclic) bond motifs is 4. The molecule has 10 nitrogen and oxygen atoms in total. The number of phenolic OH excluding ortho intramolecular Hbond substituents is 1. The fraction of sp³-hybridized carbons (Fsp3) is 0.238. The number of rotatable bonds is 8. The van der Waals surface area contributed by atoms with Crippen LogP contribution in [0.2, 0.25) is 5.02 Å². The van der Waals surface area contributed by atoms with Gasteiger partial charge in [0.1, 0.15) is 23.1 Å². The summed E-state index contributed by atoms with van der Waals surface area (Å²) in [6.07, 6.45) is 3.83. The van der Waals surface area contributed by atoms with Gasteiger partial charge in [-0.3, -0.25) is 29.5 Å². The second-order valence-corrected chi connectivity index (χ2v) is 14.4. The Bertz CT molecular complexity index is 2230. The quantitative estimate of drug-likeness (QED) is 0.145. The van der Waals surface area contributed by atoms with Gasteiger partial charge < -0.3 is 14.6 Å². The normalized spacial score (nSPS) is 25.9. The van der Waals surface area contributed by atoms with Crippen molar-refractivity contribution >= 4 is 52.7 Å². The highest BCUT2D eigenvalue weighted by Gasteiger charge is 2.71. The third kappa shape index (κ3) is 5.13. The molecule has 6 unspecified atom stereocenters. The Kier molecular flexibility index (Phi) is 8.56. The zero-order valence-corrected chi connectivity index (χ0v) is 30.0. The zero-order valence-electron chi connectivity index (χ0n) is 29.3. The molecule has 54 heavy (non-hydrogen) atoms. The first-order chi connectivity index (χ1) is 26.0. The molecule has 2 saturated heterocycles. The number of hydrogen-bond acceptors (Lipinski definition) is 8. The SMILES string of the molecule is C=Cc1ccc(N2C(=O)C3CC=C4C(CC5C(=O)N(Nc6ccc(F)cc6)C(=O)C5(c5ccc(Cl)cc5)C4c4c(OC)cc(O)cc4OC)C3C2=O)cc1. The maximum Gasteiger partial charge on any atom is 0.260 e. The summed E-state index contributed by atoms with van der Waals surface area (Å²) in [4.78, 5) is 60.3. The van der Waals surface area contributed by atoms with Gasteiger partial charge in [-0.2, -0.15) is 5.01 Å². The average molecular weight is 748 g/mol. The number of imide groups is 2. The Morgan fingerprint density at radius 2 is 1.54 bits per heavy atom. The van der Waals surface area contributed by atoms with Crippen molar-refractivity contribution in [3.05, 3.63) is 131 Å². The molecule has 4 aliphatic rings. The molecule has 8 rings (SSSR count). The molecule has 4 aromatic rings. The Labute approximate surface area is 315 Å². The van der Waals surface area contributed by atoms with Gasteiger partial charge in [-0.05, 0) is 78.4 Å². The van der Waals surface area contributed by atoms with Gasteiger partial charge in [-0.15, -0.1) is 0 Å². The van der Waals surface area contributed by atoms with Gasteiger partial charge in [0.05, 0.1) is 48.8 Å². The minimum absolute atomic E-state index is 0.0449. The molecule has 2 heterocycles. The largest absolute Gasteiger partial charge is 0.508 e. The molecule has 0 bridgehead atoms.